The molecule has 0 aromatic rings. The first-order chi connectivity index (χ1) is 5.86. The maximum Gasteiger partial charge on any atom is 0.159 e. The SMILES string of the molecule is O=C1C=C2OCCCCCC2C1. The maximum absolute atomic E-state index is 11.1. The zero-order chi connectivity index (χ0) is 8.39. The topological polar surface area (TPSA) is 26.3 Å². The Morgan fingerprint density at radius 3 is 3.17 bits per heavy atom. The van der Waals surface area contributed by atoms with Gasteiger partial charge in [0.1, 0.15) is 5.76 Å². The standard InChI is InChI=1S/C10H14O2/c11-9-6-8-4-2-1-3-5-12-10(8)7-9/h7-8H,1-6H2. The van der Waals surface area contributed by atoms with Crippen molar-refractivity contribution < 1.29 is 9.53 Å². The van der Waals surface area contributed by atoms with Gasteiger partial charge < -0.3 is 4.74 Å². The predicted octanol–water partition coefficient (Wildman–Crippen LogP) is 2.05. The van der Waals surface area contributed by atoms with Gasteiger partial charge in [-0.25, -0.2) is 0 Å². The number of ketones is 1. The van der Waals surface area contributed by atoms with Crippen LogP contribution in [0.5, 0.6) is 0 Å². The minimum absolute atomic E-state index is 0.247. The molecule has 1 unspecified atom stereocenters. The molecule has 2 heteroatoms. The molecule has 2 rings (SSSR count). The van der Waals surface area contributed by atoms with E-state index in [4.69, 9.17) is 4.74 Å². The van der Waals surface area contributed by atoms with Crippen molar-refractivity contribution in [2.24, 2.45) is 5.92 Å². The highest BCUT2D eigenvalue weighted by atomic mass is 16.5. The summed E-state index contributed by atoms with van der Waals surface area (Å²) in [5.74, 6) is 1.62. The Balaban J connectivity index is 2.06. The van der Waals surface area contributed by atoms with Crippen molar-refractivity contribution in [2.75, 3.05) is 6.61 Å². The first kappa shape index (κ1) is 7.84. The molecule has 0 bridgehead atoms. The van der Waals surface area contributed by atoms with Gasteiger partial charge in [-0.05, 0) is 12.8 Å². The molecule has 2 aliphatic rings. The summed E-state index contributed by atoms with van der Waals surface area (Å²) in [7, 11) is 0. The lowest BCUT2D eigenvalue weighted by Crippen LogP contribution is -2.08. The molecule has 1 fully saturated rings. The number of rotatable bonds is 0. The average molecular weight is 166 g/mol. The Kier molecular flexibility index (Phi) is 2.15. The highest BCUT2D eigenvalue weighted by Crippen LogP contribution is 2.30. The summed E-state index contributed by atoms with van der Waals surface area (Å²) in [6.07, 6.45) is 7.15. The van der Waals surface area contributed by atoms with Gasteiger partial charge in [-0.2, -0.15) is 0 Å². The van der Waals surface area contributed by atoms with Crippen molar-refractivity contribution in [3.63, 3.8) is 0 Å². The lowest BCUT2D eigenvalue weighted by atomic mass is 9.98. The summed E-state index contributed by atoms with van der Waals surface area (Å²) in [5.41, 5.74) is 0. The van der Waals surface area contributed by atoms with Crippen molar-refractivity contribution in [1.82, 2.24) is 0 Å². The van der Waals surface area contributed by atoms with Gasteiger partial charge in [0.15, 0.2) is 5.78 Å². The number of hydrogen-bond acceptors (Lipinski definition) is 2. The number of carbonyl (C=O) groups is 1. The Hall–Kier alpha value is -0.790. The van der Waals surface area contributed by atoms with Crippen LogP contribution in [0.15, 0.2) is 11.8 Å². The van der Waals surface area contributed by atoms with Crippen LogP contribution in [-0.2, 0) is 9.53 Å². The third-order valence-corrected chi connectivity index (χ3v) is 2.62. The zero-order valence-electron chi connectivity index (χ0n) is 7.21. The van der Waals surface area contributed by atoms with E-state index < -0.39 is 0 Å². The Labute approximate surface area is 72.6 Å². The molecule has 1 heterocycles. The van der Waals surface area contributed by atoms with E-state index in [2.05, 4.69) is 0 Å². The van der Waals surface area contributed by atoms with Gasteiger partial charge in [0.2, 0.25) is 0 Å². The quantitative estimate of drug-likeness (QED) is 0.550. The Bertz CT molecular complexity index is 218. The summed E-state index contributed by atoms with van der Waals surface area (Å²) in [6.45, 7) is 0.801. The summed E-state index contributed by atoms with van der Waals surface area (Å²) < 4.78 is 5.52. The number of ether oxygens (including phenoxy) is 1. The Morgan fingerprint density at radius 1 is 1.33 bits per heavy atom. The zero-order valence-corrected chi connectivity index (χ0v) is 7.21. The van der Waals surface area contributed by atoms with E-state index in [9.17, 15) is 4.79 Å². The van der Waals surface area contributed by atoms with Gasteiger partial charge in [-0.1, -0.05) is 12.8 Å². The molecule has 1 atom stereocenters. The first-order valence-corrected chi connectivity index (χ1v) is 4.73. The molecular weight excluding hydrogens is 152 g/mol. The smallest absolute Gasteiger partial charge is 0.159 e. The van der Waals surface area contributed by atoms with E-state index in [0.29, 0.717) is 12.3 Å². The molecule has 1 aliphatic heterocycles. The van der Waals surface area contributed by atoms with Gasteiger partial charge in [0.05, 0.1) is 6.61 Å². The third kappa shape index (κ3) is 1.52. The fourth-order valence-electron chi connectivity index (χ4n) is 1.94. The fraction of sp³-hybridized carbons (Fsp3) is 0.700. The monoisotopic (exact) mass is 166 g/mol. The van der Waals surface area contributed by atoms with E-state index >= 15 is 0 Å². The highest BCUT2D eigenvalue weighted by Gasteiger charge is 2.26. The van der Waals surface area contributed by atoms with Crippen LogP contribution < -0.4 is 0 Å². The first-order valence-electron chi connectivity index (χ1n) is 4.73. The van der Waals surface area contributed by atoms with Crippen LogP contribution in [-0.4, -0.2) is 12.4 Å². The predicted molar refractivity (Wildman–Crippen MR) is 45.6 cm³/mol. The van der Waals surface area contributed by atoms with Gasteiger partial charge in [0.25, 0.3) is 0 Å². The molecule has 1 aliphatic carbocycles. The Morgan fingerprint density at radius 2 is 2.25 bits per heavy atom. The van der Waals surface area contributed by atoms with Crippen molar-refractivity contribution >= 4 is 5.78 Å². The maximum atomic E-state index is 11.1. The van der Waals surface area contributed by atoms with E-state index in [-0.39, 0.29) is 5.78 Å². The fourth-order valence-corrected chi connectivity index (χ4v) is 1.94. The number of hydrogen-bond donors (Lipinski definition) is 0. The van der Waals surface area contributed by atoms with Gasteiger partial charge in [0, 0.05) is 18.4 Å². The second-order valence-electron chi connectivity index (χ2n) is 3.61. The molecule has 0 aromatic heterocycles. The van der Waals surface area contributed by atoms with Gasteiger partial charge in [-0.3, -0.25) is 4.79 Å². The van der Waals surface area contributed by atoms with Crippen LogP contribution in [0.4, 0.5) is 0 Å². The molecule has 12 heavy (non-hydrogen) atoms. The molecule has 0 aromatic carbocycles. The average Bonchev–Trinajstić information content (AvgIpc) is 2.32. The van der Waals surface area contributed by atoms with E-state index in [1.165, 1.54) is 12.8 Å². The molecule has 2 nitrogen and oxygen atoms in total. The summed E-state index contributed by atoms with van der Waals surface area (Å²) >= 11 is 0. The van der Waals surface area contributed by atoms with Crippen LogP contribution in [0.2, 0.25) is 0 Å². The second kappa shape index (κ2) is 3.30. The normalized spacial score (nSPS) is 29.8. The van der Waals surface area contributed by atoms with Crippen LogP contribution in [0, 0.1) is 5.92 Å². The molecule has 0 amide bonds. The number of carbonyl (C=O) groups excluding carboxylic acids is 1. The lowest BCUT2D eigenvalue weighted by molar-refractivity contribution is -0.114. The number of fused-ring (bicyclic) bond motifs is 1. The molecule has 1 saturated heterocycles. The minimum atomic E-state index is 0.247. The molecule has 0 radical (unpaired) electrons. The molecule has 0 spiro atoms. The second-order valence-corrected chi connectivity index (χ2v) is 3.61. The lowest BCUT2D eigenvalue weighted by Gasteiger charge is -2.18. The molecule has 0 saturated carbocycles. The molecular formula is C10H14O2. The van der Waals surface area contributed by atoms with Gasteiger partial charge >= 0.3 is 0 Å². The van der Waals surface area contributed by atoms with Crippen molar-refractivity contribution in [3.8, 4) is 0 Å². The molecule has 66 valence electrons. The van der Waals surface area contributed by atoms with Gasteiger partial charge in [-0.15, -0.1) is 0 Å². The molecule has 0 N–H and O–H groups in total. The van der Waals surface area contributed by atoms with Crippen molar-refractivity contribution in [3.05, 3.63) is 11.8 Å². The van der Waals surface area contributed by atoms with Crippen molar-refractivity contribution in [2.45, 2.75) is 32.1 Å². The van der Waals surface area contributed by atoms with E-state index in [1.54, 1.807) is 6.08 Å². The van der Waals surface area contributed by atoms with E-state index in [0.717, 1.165) is 25.2 Å². The summed E-state index contributed by atoms with van der Waals surface area (Å²) in [4.78, 5) is 11.1. The van der Waals surface area contributed by atoms with Crippen LogP contribution in [0.1, 0.15) is 32.1 Å². The van der Waals surface area contributed by atoms with Crippen LogP contribution in [0.3, 0.4) is 0 Å². The third-order valence-electron chi connectivity index (χ3n) is 2.62. The summed E-state index contributed by atoms with van der Waals surface area (Å²) in [5, 5.41) is 0. The van der Waals surface area contributed by atoms with E-state index in [1.807, 2.05) is 0 Å². The van der Waals surface area contributed by atoms with Crippen LogP contribution >= 0.6 is 0 Å². The summed E-state index contributed by atoms with van der Waals surface area (Å²) in [6, 6.07) is 0. The highest BCUT2D eigenvalue weighted by molar-refractivity contribution is 5.93. The number of allylic oxidation sites excluding steroid dienone is 2. The minimum Gasteiger partial charge on any atom is -0.498 e. The van der Waals surface area contributed by atoms with Crippen molar-refractivity contribution in [1.29, 1.82) is 0 Å². The van der Waals surface area contributed by atoms with Crippen LogP contribution in [0.25, 0.3) is 0 Å². The largest absolute Gasteiger partial charge is 0.498 e.